The van der Waals surface area contributed by atoms with Gasteiger partial charge in [0.2, 0.25) is 0 Å². The van der Waals surface area contributed by atoms with Gasteiger partial charge in [-0.05, 0) is 31.6 Å². The van der Waals surface area contributed by atoms with Crippen molar-refractivity contribution >= 4 is 6.03 Å². The Kier molecular flexibility index (Phi) is 5.38. The van der Waals surface area contributed by atoms with Gasteiger partial charge in [-0.3, -0.25) is 0 Å². The summed E-state index contributed by atoms with van der Waals surface area (Å²) >= 11 is 0. The molecule has 2 N–H and O–H groups in total. The van der Waals surface area contributed by atoms with Crippen LogP contribution in [0.5, 0.6) is 0 Å². The summed E-state index contributed by atoms with van der Waals surface area (Å²) in [6, 6.07) is 0.174. The Bertz CT molecular complexity index is 391. The molecule has 0 aromatic carbocycles. The molecule has 0 radical (unpaired) electrons. The maximum absolute atomic E-state index is 12.5. The Morgan fingerprint density at radius 2 is 1.95 bits per heavy atom. The van der Waals surface area contributed by atoms with E-state index in [9.17, 15) is 9.90 Å². The third-order valence-electron chi connectivity index (χ3n) is 6.13. The number of amides is 2. The van der Waals surface area contributed by atoms with Gasteiger partial charge in [-0.2, -0.15) is 0 Å². The number of hydrogen-bond acceptors (Lipinski definition) is 3. The molecule has 2 fully saturated rings. The predicted octanol–water partition coefficient (Wildman–Crippen LogP) is 2.24. The van der Waals surface area contributed by atoms with E-state index in [2.05, 4.69) is 26.1 Å². The Morgan fingerprint density at radius 3 is 2.41 bits per heavy atom. The second-order valence-corrected chi connectivity index (χ2v) is 7.25. The third kappa shape index (κ3) is 2.85. The molecule has 2 saturated carbocycles. The molecule has 2 aliphatic carbocycles. The van der Waals surface area contributed by atoms with Crippen molar-refractivity contribution in [3.05, 3.63) is 0 Å². The van der Waals surface area contributed by atoms with Gasteiger partial charge < -0.3 is 20.1 Å². The lowest BCUT2D eigenvalue weighted by atomic mass is 9.53. The van der Waals surface area contributed by atoms with Crippen molar-refractivity contribution < 1.29 is 14.6 Å². The molecule has 22 heavy (non-hydrogen) atoms. The molecular weight excluding hydrogens is 280 g/mol. The first-order valence-electron chi connectivity index (χ1n) is 8.62. The molecule has 0 aromatic rings. The molecule has 0 spiro atoms. The molecule has 0 unspecified atom stereocenters. The highest BCUT2D eigenvalue weighted by Crippen LogP contribution is 2.52. The van der Waals surface area contributed by atoms with Crippen molar-refractivity contribution in [3.8, 4) is 0 Å². The van der Waals surface area contributed by atoms with Crippen LogP contribution in [0.4, 0.5) is 4.79 Å². The zero-order valence-electron chi connectivity index (χ0n) is 14.6. The van der Waals surface area contributed by atoms with Crippen LogP contribution in [0, 0.1) is 17.3 Å². The van der Waals surface area contributed by atoms with Gasteiger partial charge in [-0.1, -0.05) is 20.8 Å². The summed E-state index contributed by atoms with van der Waals surface area (Å²) in [5.74, 6) is 0.783. The Labute approximate surface area is 134 Å². The molecule has 5 nitrogen and oxygen atoms in total. The average molecular weight is 312 g/mol. The molecule has 2 amide bonds. The fraction of sp³-hybridized carbons (Fsp3) is 0.941. The van der Waals surface area contributed by atoms with Crippen molar-refractivity contribution in [2.75, 3.05) is 20.7 Å². The largest absolute Gasteiger partial charge is 0.393 e. The fourth-order valence-corrected chi connectivity index (χ4v) is 4.66. The second-order valence-electron chi connectivity index (χ2n) is 7.25. The van der Waals surface area contributed by atoms with E-state index in [1.54, 1.807) is 12.0 Å². The second kappa shape index (κ2) is 6.75. The van der Waals surface area contributed by atoms with Crippen LogP contribution in [0.1, 0.15) is 46.5 Å². The van der Waals surface area contributed by atoms with Crippen molar-refractivity contribution in [2.45, 2.75) is 64.7 Å². The monoisotopic (exact) mass is 312 g/mol. The van der Waals surface area contributed by atoms with Gasteiger partial charge in [0.15, 0.2) is 0 Å². The standard InChI is InChI=1S/C17H32N2O3/c1-6-17(7-2)14(11(3)15(17)22-5)18-16(21)19(4)10-12-8-13(20)9-12/h11-15,20H,6-10H2,1-5H3,(H,18,21)/t11-,12?,13?,14-,15+/m1/s1. The van der Waals surface area contributed by atoms with E-state index < -0.39 is 0 Å². The summed E-state index contributed by atoms with van der Waals surface area (Å²) in [4.78, 5) is 14.2. The smallest absolute Gasteiger partial charge is 0.317 e. The summed E-state index contributed by atoms with van der Waals surface area (Å²) in [5, 5.41) is 12.6. The highest BCUT2D eigenvalue weighted by atomic mass is 16.5. The van der Waals surface area contributed by atoms with Gasteiger partial charge in [0.25, 0.3) is 0 Å². The number of nitrogens with one attached hydrogen (secondary N) is 1. The molecule has 0 aliphatic heterocycles. The Balaban J connectivity index is 1.92. The molecule has 2 rings (SSSR count). The maximum atomic E-state index is 12.5. The van der Waals surface area contributed by atoms with Crippen molar-refractivity contribution in [1.29, 1.82) is 0 Å². The number of carbonyl (C=O) groups excluding carboxylic acids is 1. The number of hydrogen-bond donors (Lipinski definition) is 2. The normalized spacial score (nSPS) is 36.2. The van der Waals surface area contributed by atoms with Crippen LogP contribution >= 0.6 is 0 Å². The average Bonchev–Trinajstić information content (AvgIpc) is 2.47. The van der Waals surface area contributed by atoms with E-state index in [1.807, 2.05) is 7.05 Å². The fourth-order valence-electron chi connectivity index (χ4n) is 4.66. The number of nitrogens with zero attached hydrogens (tertiary/aromatic N) is 1. The Hall–Kier alpha value is -0.810. The number of urea groups is 1. The van der Waals surface area contributed by atoms with E-state index in [-0.39, 0.29) is 29.7 Å². The maximum Gasteiger partial charge on any atom is 0.317 e. The minimum atomic E-state index is -0.164. The van der Waals surface area contributed by atoms with Crippen LogP contribution in [0.15, 0.2) is 0 Å². The SMILES string of the molecule is CCC1(CC)[C@H](NC(=O)N(C)CC2CC(O)C2)[C@@H](C)[C@@H]1OC. The summed E-state index contributed by atoms with van der Waals surface area (Å²) < 4.78 is 5.68. The van der Waals surface area contributed by atoms with Crippen LogP contribution in [-0.2, 0) is 4.74 Å². The lowest BCUT2D eigenvalue weighted by Crippen LogP contribution is -2.70. The van der Waals surface area contributed by atoms with E-state index in [4.69, 9.17) is 4.74 Å². The van der Waals surface area contributed by atoms with E-state index in [0.717, 1.165) is 32.2 Å². The number of aliphatic hydroxyl groups is 1. The topological polar surface area (TPSA) is 61.8 Å². The van der Waals surface area contributed by atoms with E-state index in [0.29, 0.717) is 11.8 Å². The van der Waals surface area contributed by atoms with Crippen LogP contribution < -0.4 is 5.32 Å². The third-order valence-corrected chi connectivity index (χ3v) is 6.13. The summed E-state index contributed by atoms with van der Waals surface area (Å²) in [5.41, 5.74) is 0.0529. The van der Waals surface area contributed by atoms with Crippen LogP contribution in [0.2, 0.25) is 0 Å². The summed E-state index contributed by atoms with van der Waals surface area (Å²) in [7, 11) is 3.62. The highest BCUT2D eigenvalue weighted by Gasteiger charge is 2.59. The quantitative estimate of drug-likeness (QED) is 0.790. The summed E-state index contributed by atoms with van der Waals surface area (Å²) in [6.45, 7) is 7.24. The molecule has 0 heterocycles. The van der Waals surface area contributed by atoms with Gasteiger partial charge in [0.1, 0.15) is 0 Å². The molecule has 128 valence electrons. The predicted molar refractivity (Wildman–Crippen MR) is 86.7 cm³/mol. The highest BCUT2D eigenvalue weighted by molar-refractivity contribution is 5.74. The van der Waals surface area contributed by atoms with Gasteiger partial charge >= 0.3 is 6.03 Å². The van der Waals surface area contributed by atoms with Crippen LogP contribution in [0.25, 0.3) is 0 Å². The molecule has 3 atom stereocenters. The molecule has 5 heteroatoms. The van der Waals surface area contributed by atoms with Crippen molar-refractivity contribution in [2.24, 2.45) is 17.3 Å². The van der Waals surface area contributed by atoms with Gasteiger partial charge in [-0.25, -0.2) is 4.79 Å². The minimum absolute atomic E-state index is 0.000863. The lowest BCUT2D eigenvalue weighted by molar-refractivity contribution is -0.164. The van der Waals surface area contributed by atoms with Gasteiger partial charge in [0, 0.05) is 38.1 Å². The molecular formula is C17H32N2O3. The lowest BCUT2D eigenvalue weighted by Gasteiger charge is -2.59. The van der Waals surface area contributed by atoms with Gasteiger partial charge in [0.05, 0.1) is 12.2 Å². The number of ether oxygens (including phenoxy) is 1. The molecule has 0 aromatic heterocycles. The van der Waals surface area contributed by atoms with E-state index in [1.165, 1.54) is 0 Å². The molecule has 0 bridgehead atoms. The van der Waals surface area contributed by atoms with Crippen LogP contribution in [0.3, 0.4) is 0 Å². The first-order chi connectivity index (χ1) is 10.4. The number of rotatable bonds is 6. The Morgan fingerprint density at radius 1 is 1.36 bits per heavy atom. The molecule has 0 saturated heterocycles. The van der Waals surface area contributed by atoms with Crippen molar-refractivity contribution in [3.63, 3.8) is 0 Å². The zero-order valence-corrected chi connectivity index (χ0v) is 14.6. The first-order valence-corrected chi connectivity index (χ1v) is 8.62. The van der Waals surface area contributed by atoms with E-state index >= 15 is 0 Å². The number of methoxy groups -OCH3 is 1. The van der Waals surface area contributed by atoms with Crippen molar-refractivity contribution in [1.82, 2.24) is 10.2 Å². The first kappa shape index (κ1) is 17.5. The summed E-state index contributed by atoms with van der Waals surface area (Å²) in [6.07, 6.45) is 3.71. The zero-order chi connectivity index (χ0) is 16.5. The van der Waals surface area contributed by atoms with Gasteiger partial charge in [-0.15, -0.1) is 0 Å². The number of carbonyl (C=O) groups is 1. The van der Waals surface area contributed by atoms with Crippen LogP contribution in [-0.4, -0.2) is 55.0 Å². The number of aliphatic hydroxyl groups excluding tert-OH is 1. The minimum Gasteiger partial charge on any atom is -0.393 e. The molecule has 2 aliphatic rings.